The second-order valence-electron chi connectivity index (χ2n) is 5.24. The van der Waals surface area contributed by atoms with Crippen LogP contribution in [0.4, 0.5) is 0 Å². The van der Waals surface area contributed by atoms with Crippen molar-refractivity contribution in [1.82, 2.24) is 4.57 Å². The van der Waals surface area contributed by atoms with E-state index in [-0.39, 0.29) is 5.91 Å². The maximum absolute atomic E-state index is 12.6. The molecule has 0 spiro atoms. The Morgan fingerprint density at radius 1 is 1.00 bits per heavy atom. The summed E-state index contributed by atoms with van der Waals surface area (Å²) in [5.74, 6) is 1.42. The molecule has 25 heavy (non-hydrogen) atoms. The highest BCUT2D eigenvalue weighted by atomic mass is 32.1. The van der Waals surface area contributed by atoms with Gasteiger partial charge in [-0.15, -0.1) is 0 Å². The molecule has 2 aromatic carbocycles. The van der Waals surface area contributed by atoms with Crippen LogP contribution in [-0.4, -0.2) is 31.8 Å². The Hall–Kier alpha value is -2.80. The minimum absolute atomic E-state index is 0.349. The zero-order valence-electron chi connectivity index (χ0n) is 14.4. The molecule has 0 atom stereocenters. The molecule has 6 nitrogen and oxygen atoms in total. The molecule has 0 aliphatic carbocycles. The fourth-order valence-corrected chi connectivity index (χ4v) is 3.56. The van der Waals surface area contributed by atoms with Crippen LogP contribution >= 0.6 is 11.3 Å². The molecule has 0 aliphatic heterocycles. The third kappa shape index (κ3) is 3.10. The summed E-state index contributed by atoms with van der Waals surface area (Å²) < 4.78 is 18.7. The Kier molecular flexibility index (Phi) is 4.76. The molecule has 130 valence electrons. The lowest BCUT2D eigenvalue weighted by Crippen LogP contribution is -2.13. The zero-order chi connectivity index (χ0) is 18.0. The summed E-state index contributed by atoms with van der Waals surface area (Å²) in [6.45, 7) is 0. The summed E-state index contributed by atoms with van der Waals surface area (Å²) in [5.41, 5.74) is 1.34. The summed E-state index contributed by atoms with van der Waals surface area (Å²) in [4.78, 5) is 17.4. The number of para-hydroxylation sites is 1. The quantitative estimate of drug-likeness (QED) is 0.719. The number of aryl methyl sites for hydroxylation is 1. The maximum Gasteiger partial charge on any atom is 0.283 e. The molecule has 7 heteroatoms. The number of ether oxygens (including phenoxy) is 3. The predicted molar refractivity (Wildman–Crippen MR) is 96.8 cm³/mol. The van der Waals surface area contributed by atoms with E-state index in [0.29, 0.717) is 27.6 Å². The number of carbonyl (C=O) groups excluding carboxylic acids is 1. The number of methoxy groups -OCH3 is 3. The molecular formula is C18H18N2O4S. The van der Waals surface area contributed by atoms with Gasteiger partial charge in [-0.1, -0.05) is 23.5 Å². The van der Waals surface area contributed by atoms with Crippen molar-refractivity contribution >= 4 is 27.5 Å². The summed E-state index contributed by atoms with van der Waals surface area (Å²) in [6, 6.07) is 10.8. The number of hydrogen-bond acceptors (Lipinski definition) is 5. The fourth-order valence-electron chi connectivity index (χ4n) is 2.53. The maximum atomic E-state index is 12.6. The van der Waals surface area contributed by atoms with Crippen LogP contribution in [0.3, 0.4) is 0 Å². The molecule has 1 amide bonds. The lowest BCUT2D eigenvalue weighted by molar-refractivity contribution is 0.0995. The van der Waals surface area contributed by atoms with E-state index in [4.69, 9.17) is 14.2 Å². The van der Waals surface area contributed by atoms with Gasteiger partial charge in [-0.2, -0.15) is 4.99 Å². The Balaban J connectivity index is 2.13. The molecule has 0 unspecified atom stereocenters. The van der Waals surface area contributed by atoms with E-state index in [1.165, 1.54) is 18.4 Å². The Labute approximate surface area is 148 Å². The van der Waals surface area contributed by atoms with Gasteiger partial charge >= 0.3 is 0 Å². The number of thiazole rings is 1. The molecular weight excluding hydrogens is 340 g/mol. The Bertz CT molecular complexity index is 1000. The van der Waals surface area contributed by atoms with Gasteiger partial charge in [0.2, 0.25) is 0 Å². The van der Waals surface area contributed by atoms with Crippen molar-refractivity contribution in [2.45, 2.75) is 0 Å². The molecule has 3 rings (SSSR count). The first kappa shape index (κ1) is 17.0. The number of amides is 1. The topological polar surface area (TPSA) is 62.0 Å². The van der Waals surface area contributed by atoms with Gasteiger partial charge in [0.1, 0.15) is 5.75 Å². The highest BCUT2D eigenvalue weighted by molar-refractivity contribution is 7.16. The number of aromatic nitrogens is 1. The van der Waals surface area contributed by atoms with Gasteiger partial charge in [-0.05, 0) is 12.1 Å². The average Bonchev–Trinajstić information content (AvgIpc) is 2.95. The van der Waals surface area contributed by atoms with Crippen molar-refractivity contribution in [2.75, 3.05) is 21.3 Å². The first-order valence-electron chi connectivity index (χ1n) is 7.52. The predicted octanol–water partition coefficient (Wildman–Crippen LogP) is 3.01. The first-order valence-corrected chi connectivity index (χ1v) is 8.34. The van der Waals surface area contributed by atoms with Gasteiger partial charge in [0.15, 0.2) is 16.3 Å². The number of nitrogens with zero attached hydrogens (tertiary/aromatic N) is 2. The van der Waals surface area contributed by atoms with Gasteiger partial charge < -0.3 is 18.8 Å². The molecule has 3 aromatic rings. The molecule has 0 bridgehead atoms. The number of fused-ring (bicyclic) bond motifs is 1. The Morgan fingerprint density at radius 3 is 2.32 bits per heavy atom. The van der Waals surface area contributed by atoms with Crippen molar-refractivity contribution in [2.24, 2.45) is 12.0 Å². The van der Waals surface area contributed by atoms with Crippen molar-refractivity contribution in [1.29, 1.82) is 0 Å². The van der Waals surface area contributed by atoms with Gasteiger partial charge in [-0.25, -0.2) is 0 Å². The number of benzene rings is 2. The molecule has 1 aromatic heterocycles. The molecule has 0 saturated carbocycles. The van der Waals surface area contributed by atoms with Crippen LogP contribution in [0.2, 0.25) is 0 Å². The first-order chi connectivity index (χ1) is 12.1. The lowest BCUT2D eigenvalue weighted by atomic mass is 10.2. The summed E-state index contributed by atoms with van der Waals surface area (Å²) in [7, 11) is 6.57. The third-order valence-corrected chi connectivity index (χ3v) is 4.94. The summed E-state index contributed by atoms with van der Waals surface area (Å²) in [6.07, 6.45) is 0. The average molecular weight is 358 g/mol. The van der Waals surface area contributed by atoms with Crippen molar-refractivity contribution < 1.29 is 19.0 Å². The van der Waals surface area contributed by atoms with E-state index in [1.54, 1.807) is 32.4 Å². The largest absolute Gasteiger partial charge is 0.496 e. The van der Waals surface area contributed by atoms with Gasteiger partial charge in [-0.3, -0.25) is 4.79 Å². The van der Waals surface area contributed by atoms with E-state index in [9.17, 15) is 4.79 Å². The molecule has 0 N–H and O–H groups in total. The van der Waals surface area contributed by atoms with Crippen LogP contribution in [0.25, 0.3) is 10.2 Å². The molecule has 0 saturated heterocycles. The normalized spacial score (nSPS) is 11.6. The minimum Gasteiger partial charge on any atom is -0.496 e. The van der Waals surface area contributed by atoms with E-state index in [1.807, 2.05) is 29.8 Å². The molecule has 1 heterocycles. The summed E-state index contributed by atoms with van der Waals surface area (Å²) >= 11 is 1.41. The van der Waals surface area contributed by atoms with Crippen LogP contribution in [-0.2, 0) is 7.05 Å². The third-order valence-electron chi connectivity index (χ3n) is 3.85. The van der Waals surface area contributed by atoms with Crippen molar-refractivity contribution in [3.63, 3.8) is 0 Å². The molecule has 0 aliphatic rings. The SMILES string of the molecule is COc1cc2sc(=NC(=O)c3ccccc3OC)n(C)c2cc1OC. The van der Waals surface area contributed by atoms with E-state index in [0.717, 1.165) is 10.2 Å². The number of hydrogen-bond donors (Lipinski definition) is 0. The van der Waals surface area contributed by atoms with E-state index >= 15 is 0 Å². The van der Waals surface area contributed by atoms with Crippen molar-refractivity contribution in [3.8, 4) is 17.2 Å². The summed E-state index contributed by atoms with van der Waals surface area (Å²) in [5, 5.41) is 0. The van der Waals surface area contributed by atoms with Crippen molar-refractivity contribution in [3.05, 3.63) is 46.8 Å². The monoisotopic (exact) mass is 358 g/mol. The second-order valence-corrected chi connectivity index (χ2v) is 6.24. The number of rotatable bonds is 4. The van der Waals surface area contributed by atoms with Crippen LogP contribution in [0.15, 0.2) is 41.4 Å². The Morgan fingerprint density at radius 2 is 1.64 bits per heavy atom. The van der Waals surface area contributed by atoms with E-state index in [2.05, 4.69) is 4.99 Å². The van der Waals surface area contributed by atoms with Crippen LogP contribution < -0.4 is 19.0 Å². The lowest BCUT2D eigenvalue weighted by Gasteiger charge is -2.07. The van der Waals surface area contributed by atoms with Gasteiger partial charge in [0, 0.05) is 19.2 Å². The molecule has 0 fully saturated rings. The van der Waals surface area contributed by atoms with Gasteiger partial charge in [0.05, 0.1) is 37.1 Å². The fraction of sp³-hybridized carbons (Fsp3) is 0.222. The standard InChI is InChI=1S/C18H18N2O4S/c1-20-12-9-14(23-3)15(24-4)10-16(12)25-18(20)19-17(21)11-7-5-6-8-13(11)22-2/h5-10H,1-4H3. The highest BCUT2D eigenvalue weighted by Crippen LogP contribution is 2.33. The van der Waals surface area contributed by atoms with Crippen LogP contribution in [0.5, 0.6) is 17.2 Å². The zero-order valence-corrected chi connectivity index (χ0v) is 15.2. The van der Waals surface area contributed by atoms with Crippen LogP contribution in [0, 0.1) is 0 Å². The van der Waals surface area contributed by atoms with E-state index < -0.39 is 0 Å². The highest BCUT2D eigenvalue weighted by Gasteiger charge is 2.13. The minimum atomic E-state index is -0.349. The second kappa shape index (κ2) is 6.98. The smallest absolute Gasteiger partial charge is 0.283 e. The number of carbonyl (C=O) groups is 1. The van der Waals surface area contributed by atoms with Gasteiger partial charge in [0.25, 0.3) is 5.91 Å². The van der Waals surface area contributed by atoms with Crippen LogP contribution in [0.1, 0.15) is 10.4 Å². The molecule has 0 radical (unpaired) electrons.